The minimum Gasteiger partial charge on any atom is -0.342 e. The van der Waals surface area contributed by atoms with E-state index in [0.717, 1.165) is 23.4 Å². The van der Waals surface area contributed by atoms with Crippen molar-refractivity contribution in [3.05, 3.63) is 66.0 Å². The fraction of sp³-hybridized carbons (Fsp3) is 0.222. The second-order valence-electron chi connectivity index (χ2n) is 5.80. The highest BCUT2D eigenvalue weighted by atomic mass is 16.2. The number of hydrogen-bond acceptors (Lipinski definition) is 2. The number of carbonyl (C=O) groups is 1. The Labute approximate surface area is 128 Å². The van der Waals surface area contributed by atoms with Crippen molar-refractivity contribution in [2.24, 2.45) is 0 Å². The van der Waals surface area contributed by atoms with Gasteiger partial charge in [0.2, 0.25) is 5.91 Å². The number of rotatable bonds is 3. The number of H-pyrrole nitrogens is 1. The number of nitrogens with zero attached hydrogens (tertiary/aromatic N) is 2. The summed E-state index contributed by atoms with van der Waals surface area (Å²) >= 11 is 0. The normalized spacial score (nSPS) is 18.3. The summed E-state index contributed by atoms with van der Waals surface area (Å²) in [6.07, 6.45) is 0.534. The van der Waals surface area contributed by atoms with Crippen LogP contribution in [0.25, 0.3) is 11.0 Å². The van der Waals surface area contributed by atoms with Crippen LogP contribution in [0.5, 0.6) is 0 Å². The summed E-state index contributed by atoms with van der Waals surface area (Å²) < 4.78 is 0. The van der Waals surface area contributed by atoms with Gasteiger partial charge in [-0.1, -0.05) is 42.5 Å². The van der Waals surface area contributed by atoms with Crippen LogP contribution in [-0.2, 0) is 11.3 Å². The number of hydrogen-bond donors (Lipinski definition) is 1. The van der Waals surface area contributed by atoms with Gasteiger partial charge in [0.15, 0.2) is 0 Å². The molecule has 1 saturated heterocycles. The molecule has 0 radical (unpaired) electrons. The smallest absolute Gasteiger partial charge is 0.223 e. The quantitative estimate of drug-likeness (QED) is 0.806. The van der Waals surface area contributed by atoms with Gasteiger partial charge in [-0.3, -0.25) is 4.79 Å². The Bertz CT molecular complexity index is 776. The van der Waals surface area contributed by atoms with Crippen LogP contribution >= 0.6 is 0 Å². The maximum Gasteiger partial charge on any atom is 0.223 e. The minimum absolute atomic E-state index is 0.156. The third kappa shape index (κ3) is 2.37. The van der Waals surface area contributed by atoms with Crippen LogP contribution in [0.3, 0.4) is 0 Å². The third-order valence-electron chi connectivity index (χ3n) is 4.23. The number of likely N-dealkylation sites (tertiary alicyclic amines) is 1. The van der Waals surface area contributed by atoms with Crippen LogP contribution < -0.4 is 0 Å². The van der Waals surface area contributed by atoms with Gasteiger partial charge >= 0.3 is 0 Å². The summed E-state index contributed by atoms with van der Waals surface area (Å²) in [5.41, 5.74) is 3.17. The summed E-state index contributed by atoms with van der Waals surface area (Å²) in [7, 11) is 0. The minimum atomic E-state index is 0.156. The van der Waals surface area contributed by atoms with E-state index in [9.17, 15) is 4.79 Å². The maximum atomic E-state index is 12.3. The summed E-state index contributed by atoms with van der Waals surface area (Å²) in [5, 5.41) is 0. The van der Waals surface area contributed by atoms with Crippen LogP contribution in [-0.4, -0.2) is 27.3 Å². The van der Waals surface area contributed by atoms with Gasteiger partial charge in [-0.2, -0.15) is 0 Å². The van der Waals surface area contributed by atoms with E-state index in [1.165, 1.54) is 5.56 Å². The number of carbonyl (C=O) groups excluding carboxylic acids is 1. The predicted molar refractivity (Wildman–Crippen MR) is 85.3 cm³/mol. The van der Waals surface area contributed by atoms with E-state index in [2.05, 4.69) is 22.1 Å². The standard InChI is InChI=1S/C18H17N3O/c22-17-10-14(12-21(17)11-13-6-2-1-3-7-13)18-19-15-8-4-5-9-16(15)20-18/h1-9,14H,10-12H2,(H,19,20)/t14-/m0/s1. The van der Waals surface area contributed by atoms with E-state index in [4.69, 9.17) is 0 Å². The zero-order chi connectivity index (χ0) is 14.9. The van der Waals surface area contributed by atoms with Gasteiger partial charge in [0.05, 0.1) is 11.0 Å². The second-order valence-corrected chi connectivity index (χ2v) is 5.80. The highest BCUT2D eigenvalue weighted by molar-refractivity contribution is 5.80. The molecule has 0 unspecified atom stereocenters. The number of para-hydroxylation sites is 2. The van der Waals surface area contributed by atoms with Crippen molar-refractivity contribution in [3.8, 4) is 0 Å². The summed E-state index contributed by atoms with van der Waals surface area (Å²) in [6.45, 7) is 1.41. The fourth-order valence-electron chi connectivity index (χ4n) is 3.08. The van der Waals surface area contributed by atoms with E-state index in [1.807, 2.05) is 47.4 Å². The monoisotopic (exact) mass is 291 g/mol. The van der Waals surface area contributed by atoms with Crippen molar-refractivity contribution in [2.75, 3.05) is 6.54 Å². The first kappa shape index (κ1) is 13.1. The van der Waals surface area contributed by atoms with Crippen molar-refractivity contribution >= 4 is 16.9 Å². The molecule has 0 bridgehead atoms. The Morgan fingerprint density at radius 2 is 1.86 bits per heavy atom. The number of nitrogens with one attached hydrogen (secondary N) is 1. The first-order chi connectivity index (χ1) is 10.8. The van der Waals surface area contributed by atoms with E-state index in [0.29, 0.717) is 13.0 Å². The van der Waals surface area contributed by atoms with Gasteiger partial charge in [-0.15, -0.1) is 0 Å². The molecule has 1 fully saturated rings. The van der Waals surface area contributed by atoms with E-state index in [1.54, 1.807) is 0 Å². The summed E-state index contributed by atoms with van der Waals surface area (Å²) in [5.74, 6) is 1.28. The molecule has 110 valence electrons. The number of aromatic nitrogens is 2. The lowest BCUT2D eigenvalue weighted by atomic mass is 10.1. The first-order valence-corrected chi connectivity index (χ1v) is 7.56. The lowest BCUT2D eigenvalue weighted by Crippen LogP contribution is -2.24. The Morgan fingerprint density at radius 3 is 2.68 bits per heavy atom. The Kier molecular flexibility index (Phi) is 3.15. The predicted octanol–water partition coefficient (Wildman–Crippen LogP) is 3.08. The number of amides is 1. The molecule has 22 heavy (non-hydrogen) atoms. The number of imidazole rings is 1. The Morgan fingerprint density at radius 1 is 1.09 bits per heavy atom. The molecule has 1 atom stereocenters. The topological polar surface area (TPSA) is 49.0 Å². The van der Waals surface area contributed by atoms with Crippen LogP contribution in [0.2, 0.25) is 0 Å². The molecule has 4 heteroatoms. The van der Waals surface area contributed by atoms with Crippen molar-refractivity contribution < 1.29 is 4.79 Å². The van der Waals surface area contributed by atoms with Crippen LogP contribution in [0.15, 0.2) is 54.6 Å². The molecule has 0 saturated carbocycles. The molecule has 4 nitrogen and oxygen atoms in total. The molecule has 4 rings (SSSR count). The number of aromatic amines is 1. The molecule has 2 heterocycles. The summed E-state index contributed by atoms with van der Waals surface area (Å²) in [6, 6.07) is 18.1. The zero-order valence-corrected chi connectivity index (χ0v) is 12.2. The molecule has 1 aliphatic rings. The Balaban J connectivity index is 1.54. The lowest BCUT2D eigenvalue weighted by molar-refractivity contribution is -0.128. The van der Waals surface area contributed by atoms with Crippen LogP contribution in [0.4, 0.5) is 0 Å². The molecule has 1 aromatic heterocycles. The van der Waals surface area contributed by atoms with Crippen molar-refractivity contribution in [2.45, 2.75) is 18.9 Å². The third-order valence-corrected chi connectivity index (χ3v) is 4.23. The SMILES string of the molecule is O=C1C[C@H](c2nc3ccccc3[nH]2)CN1Cc1ccccc1. The van der Waals surface area contributed by atoms with Crippen molar-refractivity contribution in [3.63, 3.8) is 0 Å². The molecule has 0 aliphatic carbocycles. The highest BCUT2D eigenvalue weighted by Gasteiger charge is 2.32. The number of fused-ring (bicyclic) bond motifs is 1. The molecule has 0 spiro atoms. The first-order valence-electron chi connectivity index (χ1n) is 7.56. The van der Waals surface area contributed by atoms with Crippen LogP contribution in [0, 0.1) is 0 Å². The number of benzene rings is 2. The van der Waals surface area contributed by atoms with Gasteiger partial charge < -0.3 is 9.88 Å². The molecule has 2 aromatic carbocycles. The molecule has 1 amide bonds. The van der Waals surface area contributed by atoms with Gasteiger partial charge in [-0.05, 0) is 17.7 Å². The van der Waals surface area contributed by atoms with Gasteiger partial charge in [0, 0.05) is 25.4 Å². The molecular formula is C18H17N3O. The molecule has 1 N–H and O–H groups in total. The van der Waals surface area contributed by atoms with Crippen molar-refractivity contribution in [1.29, 1.82) is 0 Å². The van der Waals surface area contributed by atoms with E-state index in [-0.39, 0.29) is 11.8 Å². The fourth-order valence-corrected chi connectivity index (χ4v) is 3.08. The molecule has 1 aliphatic heterocycles. The average molecular weight is 291 g/mol. The lowest BCUT2D eigenvalue weighted by Gasteiger charge is -2.16. The van der Waals surface area contributed by atoms with Crippen LogP contribution in [0.1, 0.15) is 23.7 Å². The molecular weight excluding hydrogens is 274 g/mol. The van der Waals surface area contributed by atoms with Gasteiger partial charge in [0.1, 0.15) is 5.82 Å². The Hall–Kier alpha value is -2.62. The zero-order valence-electron chi connectivity index (χ0n) is 12.2. The second kappa shape index (κ2) is 5.30. The summed E-state index contributed by atoms with van der Waals surface area (Å²) in [4.78, 5) is 22.2. The van der Waals surface area contributed by atoms with Crippen molar-refractivity contribution in [1.82, 2.24) is 14.9 Å². The van der Waals surface area contributed by atoms with Gasteiger partial charge in [-0.25, -0.2) is 4.98 Å². The highest BCUT2D eigenvalue weighted by Crippen LogP contribution is 2.28. The largest absolute Gasteiger partial charge is 0.342 e. The van der Waals surface area contributed by atoms with E-state index >= 15 is 0 Å². The maximum absolute atomic E-state index is 12.3. The molecule has 3 aromatic rings. The average Bonchev–Trinajstić information content (AvgIpc) is 3.12. The van der Waals surface area contributed by atoms with E-state index < -0.39 is 0 Å². The van der Waals surface area contributed by atoms with Gasteiger partial charge in [0.25, 0.3) is 0 Å².